The van der Waals surface area contributed by atoms with E-state index in [0.29, 0.717) is 5.52 Å². The summed E-state index contributed by atoms with van der Waals surface area (Å²) in [5.74, 6) is -0.928. The van der Waals surface area contributed by atoms with Crippen LogP contribution in [0.3, 0.4) is 0 Å². The minimum Gasteiger partial charge on any atom is -1.00 e. The van der Waals surface area contributed by atoms with Crippen molar-refractivity contribution in [3.05, 3.63) is 60.4 Å². The number of nitrogens with zero attached hydrogens (tertiary/aromatic N) is 1. The maximum Gasteiger partial charge on any atom is 0.340 e. The first-order chi connectivity index (χ1) is 8.77. The molecule has 0 saturated heterocycles. The molecule has 0 fully saturated rings. The fraction of sp³-hybridized carbons (Fsp3) is 0. The second-order valence-electron chi connectivity index (χ2n) is 3.98. The van der Waals surface area contributed by atoms with Crippen LogP contribution in [0.1, 0.15) is 10.4 Å². The van der Waals surface area contributed by atoms with Crippen molar-refractivity contribution in [3.63, 3.8) is 0 Å². The predicted molar refractivity (Wildman–Crippen MR) is 66.8 cm³/mol. The summed E-state index contributed by atoms with van der Waals surface area (Å²) in [6.45, 7) is 0. The van der Waals surface area contributed by atoms with Gasteiger partial charge in [-0.2, -0.15) is 4.57 Å². The zero-order chi connectivity index (χ0) is 12.5. The topological polar surface area (TPSA) is 57.0 Å². The number of rotatable bonds is 2. The summed E-state index contributed by atoms with van der Waals surface area (Å²) >= 11 is 0. The van der Waals surface area contributed by atoms with E-state index in [1.54, 1.807) is 18.5 Å². The van der Waals surface area contributed by atoms with Gasteiger partial charge in [-0.1, -0.05) is 24.3 Å². The molecule has 19 heavy (non-hydrogen) atoms. The average molecular weight is 275 g/mol. The normalized spacial score (nSPS) is 10.1. The first-order valence-corrected chi connectivity index (χ1v) is 5.58. The van der Waals surface area contributed by atoms with Gasteiger partial charge in [0.25, 0.3) is 0 Å². The number of fused-ring (bicyclic) bond motifs is 1. The Morgan fingerprint density at radius 1 is 1.05 bits per heavy atom. The first-order valence-electron chi connectivity index (χ1n) is 5.58. The van der Waals surface area contributed by atoms with Crippen LogP contribution < -0.4 is 17.0 Å². The van der Waals surface area contributed by atoms with Gasteiger partial charge in [-0.15, -0.1) is 0 Å². The van der Waals surface area contributed by atoms with Crippen molar-refractivity contribution >= 4 is 17.0 Å². The molecule has 1 heterocycles. The van der Waals surface area contributed by atoms with Gasteiger partial charge in [0.05, 0.1) is 0 Å². The lowest BCUT2D eigenvalue weighted by Crippen LogP contribution is -3.00. The summed E-state index contributed by atoms with van der Waals surface area (Å²) in [6, 6.07) is 15.0. The van der Waals surface area contributed by atoms with Crippen molar-refractivity contribution in [1.82, 2.24) is 4.98 Å². The fourth-order valence-electron chi connectivity index (χ4n) is 2.07. The number of H-pyrrole nitrogens is 1. The molecule has 0 spiro atoms. The van der Waals surface area contributed by atoms with Crippen LogP contribution >= 0.6 is 0 Å². The summed E-state index contributed by atoms with van der Waals surface area (Å²) < 4.78 is 1.93. The molecule has 0 amide bonds. The Bertz CT molecular complexity index is 723. The number of hydrogen-bond donors (Lipinski definition) is 2. The Kier molecular flexibility index (Phi) is 3.53. The Labute approximate surface area is 115 Å². The van der Waals surface area contributed by atoms with Crippen LogP contribution in [0.2, 0.25) is 0 Å². The molecule has 0 atom stereocenters. The van der Waals surface area contributed by atoms with Gasteiger partial charge >= 0.3 is 5.97 Å². The Morgan fingerprint density at radius 3 is 2.47 bits per heavy atom. The molecular formula is C14H11ClN2O2. The molecule has 0 unspecified atom stereocenters. The van der Waals surface area contributed by atoms with Crippen molar-refractivity contribution in [2.75, 3.05) is 0 Å². The summed E-state index contributed by atoms with van der Waals surface area (Å²) in [5.41, 5.74) is 2.75. The fourth-order valence-corrected chi connectivity index (χ4v) is 2.07. The van der Waals surface area contributed by atoms with Crippen molar-refractivity contribution in [1.29, 1.82) is 0 Å². The Hall–Kier alpha value is -2.33. The van der Waals surface area contributed by atoms with E-state index in [-0.39, 0.29) is 18.0 Å². The van der Waals surface area contributed by atoms with Crippen LogP contribution in [-0.2, 0) is 0 Å². The number of hydrogen-bond acceptors (Lipinski definition) is 1. The minimum absolute atomic E-state index is 0. The van der Waals surface area contributed by atoms with E-state index in [4.69, 9.17) is 5.11 Å². The number of aromatic amines is 1. The van der Waals surface area contributed by atoms with Crippen LogP contribution in [-0.4, -0.2) is 16.1 Å². The zero-order valence-electron chi connectivity index (χ0n) is 9.88. The number of para-hydroxylation sites is 2. The van der Waals surface area contributed by atoms with E-state index in [0.717, 1.165) is 11.2 Å². The first kappa shape index (κ1) is 13.1. The highest BCUT2D eigenvalue weighted by Crippen LogP contribution is 2.15. The number of carboxylic acid groups (broad SMARTS) is 1. The van der Waals surface area contributed by atoms with Crippen LogP contribution in [0.25, 0.3) is 16.7 Å². The van der Waals surface area contributed by atoms with Crippen molar-refractivity contribution < 1.29 is 26.9 Å². The second kappa shape index (κ2) is 5.12. The van der Waals surface area contributed by atoms with E-state index in [1.807, 2.05) is 41.0 Å². The van der Waals surface area contributed by atoms with Crippen LogP contribution in [0, 0.1) is 0 Å². The lowest BCUT2D eigenvalue weighted by Gasteiger charge is -1.97. The van der Waals surface area contributed by atoms with E-state index in [9.17, 15) is 4.79 Å². The van der Waals surface area contributed by atoms with E-state index < -0.39 is 5.97 Å². The summed E-state index contributed by atoms with van der Waals surface area (Å²) in [7, 11) is 0. The van der Waals surface area contributed by atoms with Gasteiger partial charge in [0, 0.05) is 0 Å². The highest BCUT2D eigenvalue weighted by Gasteiger charge is 2.18. The third-order valence-electron chi connectivity index (χ3n) is 2.90. The molecule has 0 saturated carbocycles. The molecule has 4 nitrogen and oxygen atoms in total. The van der Waals surface area contributed by atoms with E-state index in [2.05, 4.69) is 4.98 Å². The second-order valence-corrected chi connectivity index (χ2v) is 3.98. The molecule has 5 heteroatoms. The average Bonchev–Trinajstić information content (AvgIpc) is 2.83. The lowest BCUT2D eigenvalue weighted by molar-refractivity contribution is -0.567. The zero-order valence-corrected chi connectivity index (χ0v) is 10.6. The smallest absolute Gasteiger partial charge is 0.340 e. The van der Waals surface area contributed by atoms with Crippen LogP contribution in [0.5, 0.6) is 0 Å². The van der Waals surface area contributed by atoms with Crippen molar-refractivity contribution in [3.8, 4) is 5.69 Å². The third kappa shape index (κ3) is 2.18. The number of carboxylic acids is 1. The summed E-state index contributed by atoms with van der Waals surface area (Å²) in [6.07, 6.45) is 1.77. The van der Waals surface area contributed by atoms with Crippen LogP contribution in [0.15, 0.2) is 54.9 Å². The van der Waals surface area contributed by atoms with Gasteiger partial charge in [0.1, 0.15) is 11.3 Å². The molecule has 96 valence electrons. The Morgan fingerprint density at radius 2 is 1.79 bits per heavy atom. The molecule has 0 radical (unpaired) electrons. The summed E-state index contributed by atoms with van der Waals surface area (Å²) in [4.78, 5) is 14.2. The molecule has 0 aliphatic rings. The van der Waals surface area contributed by atoms with E-state index >= 15 is 0 Å². The van der Waals surface area contributed by atoms with Gasteiger partial charge in [0.15, 0.2) is 11.0 Å². The van der Waals surface area contributed by atoms with Gasteiger partial charge in [0.2, 0.25) is 6.33 Å². The molecule has 0 bridgehead atoms. The maximum atomic E-state index is 11.1. The van der Waals surface area contributed by atoms with Gasteiger partial charge in [-0.25, -0.2) is 9.78 Å². The van der Waals surface area contributed by atoms with E-state index in [1.165, 1.54) is 0 Å². The molecule has 2 aromatic carbocycles. The molecule has 0 aliphatic carbocycles. The third-order valence-corrected chi connectivity index (χ3v) is 2.90. The Balaban J connectivity index is 0.00000133. The number of halogens is 1. The number of aromatic carboxylic acids is 1. The maximum absolute atomic E-state index is 11.1. The van der Waals surface area contributed by atoms with Gasteiger partial charge in [-0.3, -0.25) is 0 Å². The van der Waals surface area contributed by atoms with Gasteiger partial charge in [-0.05, 0) is 24.3 Å². The number of aromatic nitrogens is 2. The predicted octanol–water partition coefficient (Wildman–Crippen LogP) is -0.853. The number of nitrogens with one attached hydrogen (secondary N) is 1. The van der Waals surface area contributed by atoms with Gasteiger partial charge < -0.3 is 17.5 Å². The van der Waals surface area contributed by atoms with Crippen LogP contribution in [0.4, 0.5) is 0 Å². The highest BCUT2D eigenvalue weighted by molar-refractivity contribution is 5.99. The lowest BCUT2D eigenvalue weighted by atomic mass is 10.2. The SMILES string of the molecule is O=C(O)c1cccc2c1[nH]c[n+]2-c1ccccc1.[Cl-]. The molecule has 1 aromatic heterocycles. The number of imidazole rings is 1. The molecule has 3 aromatic rings. The largest absolute Gasteiger partial charge is 1.00 e. The monoisotopic (exact) mass is 274 g/mol. The van der Waals surface area contributed by atoms with Crippen molar-refractivity contribution in [2.45, 2.75) is 0 Å². The van der Waals surface area contributed by atoms with Crippen molar-refractivity contribution in [2.24, 2.45) is 0 Å². The molecular weight excluding hydrogens is 264 g/mol. The standard InChI is InChI=1S/C14H10N2O2.ClH/c17-14(18)11-7-4-8-12-13(11)15-9-16(12)10-5-2-1-3-6-10;/h1-9H,(H,17,18);1H. The highest BCUT2D eigenvalue weighted by atomic mass is 35.5. The quantitative estimate of drug-likeness (QED) is 0.598. The summed E-state index contributed by atoms with van der Waals surface area (Å²) in [5, 5.41) is 9.13. The number of benzene rings is 2. The molecule has 3 rings (SSSR count). The molecule has 2 N–H and O–H groups in total. The minimum atomic E-state index is -0.928. The number of carbonyl (C=O) groups is 1. The molecule has 0 aliphatic heterocycles.